The van der Waals surface area contributed by atoms with E-state index in [0.29, 0.717) is 0 Å². The Balaban J connectivity index is 1.68. The van der Waals surface area contributed by atoms with E-state index in [0.717, 1.165) is 13.0 Å². The second-order valence-corrected chi connectivity index (χ2v) is 6.11. The molecule has 0 unspecified atom stereocenters. The van der Waals surface area contributed by atoms with Crippen LogP contribution in [0.3, 0.4) is 0 Å². The van der Waals surface area contributed by atoms with Crippen LogP contribution in [0.4, 0.5) is 0 Å². The van der Waals surface area contributed by atoms with Gasteiger partial charge in [0.2, 0.25) is 0 Å². The van der Waals surface area contributed by atoms with Gasteiger partial charge in [-0.25, -0.2) is 0 Å². The minimum Gasteiger partial charge on any atom is -0.326 e. The highest BCUT2D eigenvalue weighted by atomic mass is 14.9. The van der Waals surface area contributed by atoms with Crippen molar-refractivity contribution in [2.75, 3.05) is 6.54 Å². The van der Waals surface area contributed by atoms with Gasteiger partial charge in [0.25, 0.3) is 0 Å². The highest BCUT2D eigenvalue weighted by Gasteiger charge is 2.14. The molecule has 0 fully saturated rings. The Morgan fingerprint density at radius 3 is 1.62 bits per heavy atom. The van der Waals surface area contributed by atoms with E-state index in [1.165, 1.54) is 16.7 Å². The Morgan fingerprint density at radius 1 is 0.667 bits per heavy atom. The lowest BCUT2D eigenvalue weighted by molar-refractivity contribution is 0.532. The molecule has 3 N–H and O–H groups in total. The van der Waals surface area contributed by atoms with Gasteiger partial charge >= 0.3 is 0 Å². The van der Waals surface area contributed by atoms with Crippen molar-refractivity contribution >= 4 is 0 Å². The van der Waals surface area contributed by atoms with Crippen molar-refractivity contribution in [1.82, 2.24) is 5.32 Å². The number of nitrogens with one attached hydrogen (secondary N) is 1. The van der Waals surface area contributed by atoms with Gasteiger partial charge < -0.3 is 11.1 Å². The number of rotatable bonds is 7. The molecular formula is C22H24N2. The third-order valence-corrected chi connectivity index (χ3v) is 4.19. The van der Waals surface area contributed by atoms with E-state index in [-0.39, 0.29) is 12.1 Å². The van der Waals surface area contributed by atoms with Crippen molar-refractivity contribution in [2.45, 2.75) is 18.5 Å². The van der Waals surface area contributed by atoms with Crippen LogP contribution in [0.1, 0.15) is 22.7 Å². The van der Waals surface area contributed by atoms with E-state index in [1.54, 1.807) is 0 Å². The normalized spacial score (nSPS) is 12.2. The van der Waals surface area contributed by atoms with Crippen molar-refractivity contribution < 1.29 is 0 Å². The van der Waals surface area contributed by atoms with Gasteiger partial charge in [-0.2, -0.15) is 0 Å². The highest BCUT2D eigenvalue weighted by Crippen LogP contribution is 2.21. The lowest BCUT2D eigenvalue weighted by Gasteiger charge is -2.22. The van der Waals surface area contributed by atoms with E-state index < -0.39 is 0 Å². The second-order valence-electron chi connectivity index (χ2n) is 6.11. The van der Waals surface area contributed by atoms with Crippen LogP contribution in [-0.2, 0) is 6.42 Å². The van der Waals surface area contributed by atoms with Gasteiger partial charge in [0, 0.05) is 12.6 Å². The first kappa shape index (κ1) is 16.4. The minimum atomic E-state index is 0.0855. The van der Waals surface area contributed by atoms with Crippen LogP contribution in [-0.4, -0.2) is 12.6 Å². The number of nitrogens with two attached hydrogens (primary N) is 1. The fourth-order valence-corrected chi connectivity index (χ4v) is 2.98. The third-order valence-electron chi connectivity index (χ3n) is 4.19. The molecule has 0 spiro atoms. The van der Waals surface area contributed by atoms with Gasteiger partial charge in [-0.3, -0.25) is 0 Å². The molecule has 0 aliphatic rings. The van der Waals surface area contributed by atoms with Crippen LogP contribution in [0.5, 0.6) is 0 Å². The first-order valence-electron chi connectivity index (χ1n) is 8.46. The Bertz CT molecular complexity index is 671. The fourth-order valence-electron chi connectivity index (χ4n) is 2.98. The molecule has 122 valence electrons. The molecule has 24 heavy (non-hydrogen) atoms. The van der Waals surface area contributed by atoms with E-state index in [4.69, 9.17) is 5.73 Å². The van der Waals surface area contributed by atoms with Gasteiger partial charge in [-0.1, -0.05) is 91.0 Å². The molecule has 0 aliphatic heterocycles. The maximum atomic E-state index is 6.35. The molecule has 0 aliphatic carbocycles. The summed E-state index contributed by atoms with van der Waals surface area (Å²) in [5.74, 6) is 0. The zero-order chi connectivity index (χ0) is 16.6. The Hall–Kier alpha value is -2.42. The number of hydrogen-bond acceptors (Lipinski definition) is 2. The van der Waals surface area contributed by atoms with Gasteiger partial charge in [-0.15, -0.1) is 0 Å². The molecule has 0 saturated carbocycles. The average Bonchev–Trinajstić information content (AvgIpc) is 2.64. The van der Waals surface area contributed by atoms with Crippen LogP contribution in [0.25, 0.3) is 0 Å². The van der Waals surface area contributed by atoms with E-state index in [2.05, 4.69) is 78.1 Å². The lowest BCUT2D eigenvalue weighted by atomic mass is 9.98. The number of hydrogen-bond donors (Lipinski definition) is 2. The summed E-state index contributed by atoms with van der Waals surface area (Å²) >= 11 is 0. The first-order valence-corrected chi connectivity index (χ1v) is 8.46. The zero-order valence-electron chi connectivity index (χ0n) is 13.8. The maximum Gasteiger partial charge on any atom is 0.0577 e. The largest absolute Gasteiger partial charge is 0.326 e. The van der Waals surface area contributed by atoms with E-state index in [1.807, 2.05) is 18.2 Å². The van der Waals surface area contributed by atoms with Gasteiger partial charge in [0.05, 0.1) is 6.04 Å². The highest BCUT2D eigenvalue weighted by molar-refractivity contribution is 5.31. The maximum absolute atomic E-state index is 6.35. The van der Waals surface area contributed by atoms with Crippen LogP contribution in [0.15, 0.2) is 91.0 Å². The molecule has 1 atom stereocenters. The monoisotopic (exact) mass is 316 g/mol. The molecule has 0 saturated heterocycles. The zero-order valence-corrected chi connectivity index (χ0v) is 13.8. The van der Waals surface area contributed by atoms with E-state index >= 15 is 0 Å². The Labute approximate surface area is 144 Å². The standard InChI is InChI=1S/C22H24N2/c23-21(16-18-10-4-1-5-11-18)17-24-22(19-12-6-2-7-13-19)20-14-8-3-9-15-20/h1-15,21-22,24H,16-17,23H2/t21-/m1/s1. The fraction of sp³-hybridized carbons (Fsp3) is 0.182. The van der Waals surface area contributed by atoms with Crippen molar-refractivity contribution in [1.29, 1.82) is 0 Å². The molecule has 2 heteroatoms. The Morgan fingerprint density at radius 2 is 1.12 bits per heavy atom. The summed E-state index contributed by atoms with van der Waals surface area (Å²) in [4.78, 5) is 0. The van der Waals surface area contributed by atoms with Gasteiger partial charge in [0.15, 0.2) is 0 Å². The molecule has 0 radical (unpaired) electrons. The molecule has 0 aromatic heterocycles. The molecule has 0 heterocycles. The third kappa shape index (κ3) is 4.54. The van der Waals surface area contributed by atoms with Gasteiger partial charge in [-0.05, 0) is 23.1 Å². The quantitative estimate of drug-likeness (QED) is 0.693. The van der Waals surface area contributed by atoms with Crippen LogP contribution >= 0.6 is 0 Å². The molecule has 0 amide bonds. The summed E-state index contributed by atoms with van der Waals surface area (Å²) in [6.45, 7) is 0.767. The smallest absolute Gasteiger partial charge is 0.0577 e. The molecule has 2 nitrogen and oxygen atoms in total. The predicted molar refractivity (Wildman–Crippen MR) is 101 cm³/mol. The molecular weight excluding hydrogens is 292 g/mol. The average molecular weight is 316 g/mol. The number of benzene rings is 3. The van der Waals surface area contributed by atoms with Crippen LogP contribution in [0, 0.1) is 0 Å². The van der Waals surface area contributed by atoms with Gasteiger partial charge in [0.1, 0.15) is 0 Å². The molecule has 3 rings (SSSR count). The summed E-state index contributed by atoms with van der Waals surface area (Å²) in [6, 6.07) is 31.7. The SMILES string of the molecule is N[C@@H](CNC(c1ccccc1)c1ccccc1)Cc1ccccc1. The van der Waals surface area contributed by atoms with Crippen LogP contribution < -0.4 is 11.1 Å². The lowest BCUT2D eigenvalue weighted by Crippen LogP contribution is -2.37. The summed E-state index contributed by atoms with van der Waals surface area (Å²) < 4.78 is 0. The summed E-state index contributed by atoms with van der Waals surface area (Å²) in [7, 11) is 0. The Kier molecular flexibility index (Phi) is 5.78. The van der Waals surface area contributed by atoms with Crippen molar-refractivity contribution in [3.05, 3.63) is 108 Å². The minimum absolute atomic E-state index is 0.0855. The van der Waals surface area contributed by atoms with Crippen molar-refractivity contribution in [3.8, 4) is 0 Å². The van der Waals surface area contributed by atoms with E-state index in [9.17, 15) is 0 Å². The molecule has 3 aromatic carbocycles. The summed E-state index contributed by atoms with van der Waals surface area (Å²) in [5.41, 5.74) is 10.1. The summed E-state index contributed by atoms with van der Waals surface area (Å²) in [6.07, 6.45) is 0.879. The molecule has 3 aromatic rings. The second kappa shape index (κ2) is 8.44. The predicted octanol–water partition coefficient (Wildman–Crippen LogP) is 3.94. The first-order chi connectivity index (χ1) is 11.8. The summed E-state index contributed by atoms with van der Waals surface area (Å²) in [5, 5.41) is 3.65. The van der Waals surface area contributed by atoms with Crippen molar-refractivity contribution in [3.63, 3.8) is 0 Å². The van der Waals surface area contributed by atoms with Crippen LogP contribution in [0.2, 0.25) is 0 Å². The molecule has 0 bridgehead atoms. The van der Waals surface area contributed by atoms with Crippen molar-refractivity contribution in [2.24, 2.45) is 5.73 Å². The topological polar surface area (TPSA) is 38.0 Å².